The number of carbonyl (C=O) groups excluding carboxylic acids is 7. The summed E-state index contributed by atoms with van der Waals surface area (Å²) >= 11 is 1.90. The number of carboxylic acid groups (broad SMARTS) is 8. The van der Waals surface area contributed by atoms with E-state index in [0.717, 1.165) is 25.7 Å². The van der Waals surface area contributed by atoms with Gasteiger partial charge in [0.25, 0.3) is 0 Å². The number of halogens is 1. The molecular weight excluding hydrogens is 1600 g/mol. The molecule has 0 saturated carbocycles. The Hall–Kier alpha value is -7.18. The van der Waals surface area contributed by atoms with Gasteiger partial charge in [0.1, 0.15) is 35.7 Å². The van der Waals surface area contributed by atoms with Crippen LogP contribution in [0.3, 0.4) is 0 Å². The van der Waals surface area contributed by atoms with Gasteiger partial charge in [0.2, 0.25) is 17.7 Å². The molecule has 0 bridgehead atoms. The van der Waals surface area contributed by atoms with Crippen molar-refractivity contribution in [2.45, 2.75) is 179 Å². The number of aromatic hydroxyl groups is 1. The zero-order valence-electron chi connectivity index (χ0n) is 57.0. The van der Waals surface area contributed by atoms with Gasteiger partial charge in [-0.25, -0.2) is 19.2 Å². The summed E-state index contributed by atoms with van der Waals surface area (Å²) in [6.45, 7) is 2.79. The van der Waals surface area contributed by atoms with E-state index >= 15 is 0 Å². The van der Waals surface area contributed by atoms with E-state index < -0.39 is 140 Å². The molecular formula is C67H99ILuN9O23+2. The van der Waals surface area contributed by atoms with Crippen LogP contribution in [-0.4, -0.2) is 252 Å². The second kappa shape index (κ2) is 51.9. The largest absolute Gasteiger partial charge is 3.00 e. The first-order valence-corrected chi connectivity index (χ1v) is 34.6. The van der Waals surface area contributed by atoms with Crippen molar-refractivity contribution in [3.8, 4) is 5.75 Å². The van der Waals surface area contributed by atoms with Crippen LogP contribution in [0.25, 0.3) is 0 Å². The van der Waals surface area contributed by atoms with Crippen molar-refractivity contribution < 1.29 is 150 Å². The standard InChI is InChI=1S/C46H64IN7O15.C21H36N2O8.Lu/c1-30(55)48-14-6-5-9-35(45(66)67)50-44(65)33(23-31-7-3-2-4-8-31)26-39(57)36(25-32-10-12-38(56)34(47)24-32)49-40(58)13-11-37(46(68)69)54-21-19-52(28-42(61)62)17-15-51(27-41(59)60)16-18-53(20-22-54)29-43(63)64;1-2-3-4-5-7-10-15(24)11-8-6-9-12-16(19(27)28)22-21(31)23-17(20(29)30)13-14-18(25)26;/h2-4,7-8,10,12,24,33,35-37,56H,5-6,9,11,13-23,25-29H2,1H3,(H,48,55)(H,49,58)(H,50,65)(H,59,60)(H,61,62)(H,63,64)(H,66,67)(H,68,69);16-17H,2-14H2,1H3,(H,25,26)(H,27,28)(H,29,30)(H2,22,23,31);/q;;+3/p-1/t33-,35+,36+,37-;16-,17-;/m00./s1/i;;1+2. The average Bonchev–Trinajstić information content (AvgIpc) is 0.913. The van der Waals surface area contributed by atoms with Crippen molar-refractivity contribution in [2.75, 3.05) is 78.5 Å². The number of carbonyl (C=O) groups is 14. The number of nitrogens with zero attached hydrogens (tertiary/aromatic N) is 4. The zero-order chi connectivity index (χ0) is 74.7. The summed E-state index contributed by atoms with van der Waals surface area (Å²) in [5.74, 6) is -13.3. The number of phenols is 1. The van der Waals surface area contributed by atoms with Gasteiger partial charge in [0.15, 0.2) is 5.78 Å². The molecule has 0 aromatic heterocycles. The zero-order valence-corrected chi connectivity index (χ0v) is 60.9. The molecule has 1 saturated heterocycles. The monoisotopic (exact) mass is 1700 g/mol. The molecule has 32 nitrogen and oxygen atoms in total. The van der Waals surface area contributed by atoms with Crippen LogP contribution in [0.4, 0.5) is 4.79 Å². The molecule has 6 atom stereocenters. The van der Waals surface area contributed by atoms with E-state index in [0.29, 0.717) is 66.2 Å². The molecule has 0 unspecified atom stereocenters. The van der Waals surface area contributed by atoms with Gasteiger partial charge < -0.3 is 77.3 Å². The van der Waals surface area contributed by atoms with E-state index in [4.69, 9.17) is 10.2 Å². The first-order valence-electron chi connectivity index (χ1n) is 33.5. The van der Waals surface area contributed by atoms with Crippen molar-refractivity contribution in [1.82, 2.24) is 46.2 Å². The van der Waals surface area contributed by atoms with Crippen LogP contribution in [0, 0.1) is 46.4 Å². The molecule has 3 rings (SSSR count). The third kappa shape index (κ3) is 42.1. The summed E-state index contributed by atoms with van der Waals surface area (Å²) in [6.07, 6.45) is 7.30. The number of aliphatic carboxylic acids is 8. The number of phenolic OH excluding ortho intramolecular Hbond substituents is 1. The third-order valence-corrected chi connectivity index (χ3v) is 17.3. The van der Waals surface area contributed by atoms with Gasteiger partial charge in [-0.15, -0.1) is 0 Å². The minimum absolute atomic E-state index is 0. The number of unbranched alkanes of at least 4 members (excludes halogenated alkanes) is 7. The molecule has 101 heavy (non-hydrogen) atoms. The molecule has 5 amide bonds. The molecule has 13 N–H and O–H groups in total. The maximum absolute atomic E-state index is 14.4. The predicted molar refractivity (Wildman–Crippen MR) is 367 cm³/mol. The van der Waals surface area contributed by atoms with Crippen molar-refractivity contribution in [3.63, 3.8) is 0 Å². The molecule has 0 radical (unpaired) electrons. The Balaban J connectivity index is 0.00000134. The van der Waals surface area contributed by atoms with Crippen LogP contribution in [0.2, 0.25) is 0 Å². The summed E-state index contributed by atoms with van der Waals surface area (Å²) in [6, 6.07) is 5.78. The summed E-state index contributed by atoms with van der Waals surface area (Å²) in [5, 5.41) is 101. The number of amides is 5. The molecule has 1 aliphatic rings. The molecule has 1 heterocycles. The second-order valence-electron chi connectivity index (χ2n) is 24.6. The molecule has 2 aromatic carbocycles. The Bertz CT molecular complexity index is 2970. The maximum Gasteiger partial charge on any atom is 3.00 e. The molecule has 2 aromatic rings. The van der Waals surface area contributed by atoms with Crippen LogP contribution in [0.5, 0.6) is 5.75 Å². The maximum atomic E-state index is 14.4. The van der Waals surface area contributed by atoms with E-state index in [-0.39, 0.29) is 152 Å². The summed E-state index contributed by atoms with van der Waals surface area (Å²) < 4.78 is 0.453. The number of rotatable bonds is 46. The fourth-order valence-corrected chi connectivity index (χ4v) is 11.5. The summed E-state index contributed by atoms with van der Waals surface area (Å²) in [4.78, 5) is 176. The number of carboxylic acids is 8. The van der Waals surface area contributed by atoms with Crippen LogP contribution in [-0.2, 0) is 75.2 Å². The van der Waals surface area contributed by atoms with Crippen molar-refractivity contribution in [1.29, 1.82) is 0 Å². The van der Waals surface area contributed by atoms with Gasteiger partial charge in [-0.3, -0.25) is 62.8 Å². The number of hydrogen-bond donors (Lipinski definition) is 13. The van der Waals surface area contributed by atoms with Gasteiger partial charge >= 0.3 is 84.7 Å². The first kappa shape index (κ1) is 91.8. The molecule has 1 aliphatic heterocycles. The fourth-order valence-electron chi connectivity index (χ4n) is 10.9. The normalized spacial score (nSPS) is 15.0. The van der Waals surface area contributed by atoms with Gasteiger partial charge in [-0.2, -0.15) is 0 Å². The second-order valence-corrected chi connectivity index (χ2v) is 25.8. The predicted octanol–water partition coefficient (Wildman–Crippen LogP) is 2.03. The van der Waals surface area contributed by atoms with Crippen LogP contribution >= 0.6 is 22.6 Å². The van der Waals surface area contributed by atoms with E-state index in [9.17, 15) is 103 Å². The quantitative estimate of drug-likeness (QED) is 0.0333. The van der Waals surface area contributed by atoms with Crippen molar-refractivity contribution >= 4 is 106 Å². The average molecular weight is 1700 g/mol. The number of ketones is 2. The molecule has 0 aliphatic carbocycles. The van der Waals surface area contributed by atoms with Crippen LogP contribution < -0.4 is 31.7 Å². The Morgan fingerprint density at radius 1 is 0.515 bits per heavy atom. The van der Waals surface area contributed by atoms with Gasteiger partial charge in [-0.05, 0) is 110 Å². The van der Waals surface area contributed by atoms with Gasteiger partial charge in [0.05, 0.1) is 28.7 Å². The van der Waals surface area contributed by atoms with Crippen molar-refractivity contribution in [2.24, 2.45) is 5.92 Å². The topological polar surface area (TPSA) is 497 Å². The van der Waals surface area contributed by atoms with E-state index in [1.807, 2.05) is 22.6 Å². The Morgan fingerprint density at radius 3 is 1.51 bits per heavy atom. The summed E-state index contributed by atoms with van der Waals surface area (Å²) in [7, 11) is 0. The number of Topliss-reactive ketones (excluding diaryl/α,β-unsaturated/α-hetero) is 2. The van der Waals surface area contributed by atoms with Gasteiger partial charge in [0, 0.05) is 110 Å². The Morgan fingerprint density at radius 2 is 1.02 bits per heavy atom. The van der Waals surface area contributed by atoms with Gasteiger partial charge in [-0.1, -0.05) is 81.8 Å². The molecule has 1 fully saturated rings. The molecule has 570 valence electrons. The molecule has 0 spiro atoms. The molecule has 34 heteroatoms. The number of hydrogen-bond acceptors (Lipinski definition) is 20. The fraction of sp³-hybridized carbons (Fsp3) is 0.612. The number of benzene rings is 2. The van der Waals surface area contributed by atoms with E-state index in [1.165, 1.54) is 34.1 Å². The van der Waals surface area contributed by atoms with E-state index in [1.54, 1.807) is 47.4 Å². The summed E-state index contributed by atoms with van der Waals surface area (Å²) in [5.41, 5.74) is 1.21. The smallest absolute Gasteiger partial charge is 0.549 e. The number of nitrogens with one attached hydrogen (secondary N) is 5. The minimum atomic E-state index is -1.43. The van der Waals surface area contributed by atoms with Crippen molar-refractivity contribution in [3.05, 3.63) is 63.2 Å². The Kier molecular flexibility index (Phi) is 47.2. The van der Waals surface area contributed by atoms with Crippen LogP contribution in [0.15, 0.2) is 48.5 Å². The Labute approximate surface area is 629 Å². The third-order valence-electron chi connectivity index (χ3n) is 16.4. The SMILES string of the molecule is CC(=O)NCCCC[C@@H](NC(=O)[C@H](CC(=O)[C@@H](Cc1ccc(O)c(I)c1)NC(=O)CC[C@@H](C(=O)O)N1CCN(CC(=O)[O-])CCN(CC(=O)O)CCN(CC(=O)O)CC1)Cc1ccccc1)C(=O)O.CCCCCCCC(=O)CCCCC[C@H](NC(=O)N[C@@H](CCC(=O)O)C(=O)O)C(=O)O.[177Lu+3]. The van der Waals surface area contributed by atoms with E-state index in [2.05, 4.69) is 33.5 Å². The first-order chi connectivity index (χ1) is 47.4. The number of urea groups is 1. The van der Waals surface area contributed by atoms with Crippen LogP contribution in [0.1, 0.15) is 147 Å². The minimum Gasteiger partial charge on any atom is -0.549 e.